The second kappa shape index (κ2) is 4.45. The van der Waals surface area contributed by atoms with Gasteiger partial charge in [-0.05, 0) is 42.5 Å². The SMILES string of the molecule is O=C(CO)COc1ccc2c(c1)CCC2. The minimum Gasteiger partial charge on any atom is -0.486 e. The first kappa shape index (κ1) is 10.2. The lowest BCUT2D eigenvalue weighted by Gasteiger charge is -2.06. The van der Waals surface area contributed by atoms with Crippen LogP contribution >= 0.6 is 0 Å². The molecule has 0 heterocycles. The minimum absolute atomic E-state index is 0.0463. The van der Waals surface area contributed by atoms with E-state index in [-0.39, 0.29) is 12.4 Å². The predicted octanol–water partition coefficient (Wildman–Crippen LogP) is 1.12. The van der Waals surface area contributed by atoms with Gasteiger partial charge in [-0.3, -0.25) is 4.79 Å². The Morgan fingerprint density at radius 1 is 1.33 bits per heavy atom. The highest BCUT2D eigenvalue weighted by Gasteiger charge is 2.11. The monoisotopic (exact) mass is 206 g/mol. The second-order valence-corrected chi connectivity index (χ2v) is 3.77. The lowest BCUT2D eigenvalue weighted by Crippen LogP contribution is -2.14. The van der Waals surface area contributed by atoms with E-state index in [0.29, 0.717) is 0 Å². The zero-order valence-electron chi connectivity index (χ0n) is 8.53. The lowest BCUT2D eigenvalue weighted by atomic mass is 10.1. The highest BCUT2D eigenvalue weighted by atomic mass is 16.5. The number of fused-ring (bicyclic) bond motifs is 1. The number of rotatable bonds is 4. The number of hydrogen-bond donors (Lipinski definition) is 1. The summed E-state index contributed by atoms with van der Waals surface area (Å²) in [4.78, 5) is 10.8. The lowest BCUT2D eigenvalue weighted by molar-refractivity contribution is -0.123. The van der Waals surface area contributed by atoms with Gasteiger partial charge in [0.2, 0.25) is 0 Å². The van der Waals surface area contributed by atoms with E-state index in [1.807, 2.05) is 12.1 Å². The molecule has 80 valence electrons. The largest absolute Gasteiger partial charge is 0.486 e. The van der Waals surface area contributed by atoms with Crippen LogP contribution in [0, 0.1) is 0 Å². The van der Waals surface area contributed by atoms with Gasteiger partial charge in [-0.2, -0.15) is 0 Å². The van der Waals surface area contributed by atoms with E-state index in [1.165, 1.54) is 17.5 Å². The Morgan fingerprint density at radius 3 is 2.93 bits per heavy atom. The summed E-state index contributed by atoms with van der Waals surface area (Å²) >= 11 is 0. The number of carbonyl (C=O) groups excluding carboxylic acids is 1. The van der Waals surface area contributed by atoms with Gasteiger partial charge in [0.1, 0.15) is 19.0 Å². The molecule has 0 unspecified atom stereocenters. The number of aliphatic hydroxyl groups is 1. The van der Waals surface area contributed by atoms with Crippen LogP contribution in [0.3, 0.4) is 0 Å². The van der Waals surface area contributed by atoms with Crippen molar-refractivity contribution in [3.8, 4) is 5.75 Å². The first-order valence-corrected chi connectivity index (χ1v) is 5.17. The minimum atomic E-state index is -0.453. The number of aryl methyl sites for hydroxylation is 2. The van der Waals surface area contributed by atoms with Gasteiger partial charge in [0, 0.05) is 0 Å². The van der Waals surface area contributed by atoms with Crippen molar-refractivity contribution in [3.63, 3.8) is 0 Å². The molecule has 0 amide bonds. The summed E-state index contributed by atoms with van der Waals surface area (Å²) in [5.41, 5.74) is 2.71. The van der Waals surface area contributed by atoms with Crippen LogP contribution in [-0.2, 0) is 17.6 Å². The molecule has 3 nitrogen and oxygen atoms in total. The van der Waals surface area contributed by atoms with E-state index < -0.39 is 6.61 Å². The maximum absolute atomic E-state index is 10.8. The summed E-state index contributed by atoms with van der Waals surface area (Å²) in [5, 5.41) is 8.54. The van der Waals surface area contributed by atoms with E-state index in [1.54, 1.807) is 0 Å². The van der Waals surface area contributed by atoms with Crippen LogP contribution in [0.4, 0.5) is 0 Å². The fourth-order valence-electron chi connectivity index (χ4n) is 1.85. The van der Waals surface area contributed by atoms with Gasteiger partial charge in [-0.25, -0.2) is 0 Å². The summed E-state index contributed by atoms with van der Waals surface area (Å²) in [6, 6.07) is 5.93. The Balaban J connectivity index is 2.01. The van der Waals surface area contributed by atoms with Gasteiger partial charge in [0.15, 0.2) is 5.78 Å². The molecule has 15 heavy (non-hydrogen) atoms. The zero-order chi connectivity index (χ0) is 10.7. The molecule has 3 heteroatoms. The number of Topliss-reactive ketones (excluding diaryl/α,β-unsaturated/α-hetero) is 1. The fourth-order valence-corrected chi connectivity index (χ4v) is 1.85. The van der Waals surface area contributed by atoms with Gasteiger partial charge in [-0.15, -0.1) is 0 Å². The Hall–Kier alpha value is -1.35. The summed E-state index contributed by atoms with van der Waals surface area (Å²) in [7, 11) is 0. The number of carbonyl (C=O) groups is 1. The number of hydrogen-bond acceptors (Lipinski definition) is 3. The van der Waals surface area contributed by atoms with Crippen molar-refractivity contribution in [2.45, 2.75) is 19.3 Å². The summed E-state index contributed by atoms with van der Waals surface area (Å²) in [6.07, 6.45) is 3.44. The summed E-state index contributed by atoms with van der Waals surface area (Å²) in [6.45, 7) is -0.500. The molecule has 1 N–H and O–H groups in total. The van der Waals surface area contributed by atoms with Crippen LogP contribution < -0.4 is 4.74 Å². The molecule has 0 bridgehead atoms. The fraction of sp³-hybridized carbons (Fsp3) is 0.417. The number of aliphatic hydroxyl groups excluding tert-OH is 1. The van der Waals surface area contributed by atoms with Crippen LogP contribution in [0.5, 0.6) is 5.75 Å². The Labute approximate surface area is 88.7 Å². The average Bonchev–Trinajstić information content (AvgIpc) is 2.72. The highest BCUT2D eigenvalue weighted by Crippen LogP contribution is 2.25. The second-order valence-electron chi connectivity index (χ2n) is 3.77. The van der Waals surface area contributed by atoms with Crippen molar-refractivity contribution < 1.29 is 14.6 Å². The molecule has 0 saturated heterocycles. The van der Waals surface area contributed by atoms with Crippen molar-refractivity contribution in [1.82, 2.24) is 0 Å². The van der Waals surface area contributed by atoms with Gasteiger partial charge in [0.25, 0.3) is 0 Å². The summed E-state index contributed by atoms with van der Waals surface area (Å²) < 4.78 is 5.27. The molecule has 0 aromatic heterocycles. The predicted molar refractivity (Wildman–Crippen MR) is 56.1 cm³/mol. The van der Waals surface area contributed by atoms with E-state index >= 15 is 0 Å². The summed E-state index contributed by atoms with van der Waals surface area (Å²) in [5.74, 6) is 0.424. The third-order valence-electron chi connectivity index (χ3n) is 2.65. The number of ketones is 1. The molecule has 1 aromatic carbocycles. The van der Waals surface area contributed by atoms with Crippen molar-refractivity contribution in [2.75, 3.05) is 13.2 Å². The Kier molecular flexibility index (Phi) is 3.02. The van der Waals surface area contributed by atoms with Crippen LogP contribution in [0.2, 0.25) is 0 Å². The molecule has 1 aliphatic carbocycles. The maximum atomic E-state index is 10.8. The standard InChI is InChI=1S/C12H14O3/c13-7-11(14)8-15-12-5-4-9-2-1-3-10(9)6-12/h4-6,13H,1-3,7-8H2. The molecule has 0 saturated carbocycles. The van der Waals surface area contributed by atoms with E-state index in [0.717, 1.165) is 18.6 Å². The van der Waals surface area contributed by atoms with Gasteiger partial charge in [0.05, 0.1) is 0 Å². The van der Waals surface area contributed by atoms with Gasteiger partial charge < -0.3 is 9.84 Å². The molecular weight excluding hydrogens is 192 g/mol. The topological polar surface area (TPSA) is 46.5 Å². The molecule has 0 radical (unpaired) electrons. The molecule has 0 aliphatic heterocycles. The number of benzene rings is 1. The van der Waals surface area contributed by atoms with E-state index in [4.69, 9.17) is 9.84 Å². The molecule has 1 aliphatic rings. The van der Waals surface area contributed by atoms with Crippen molar-refractivity contribution in [2.24, 2.45) is 0 Å². The molecule has 0 spiro atoms. The van der Waals surface area contributed by atoms with Crippen molar-refractivity contribution in [3.05, 3.63) is 29.3 Å². The quantitative estimate of drug-likeness (QED) is 0.802. The van der Waals surface area contributed by atoms with Crippen LogP contribution in [-0.4, -0.2) is 24.1 Å². The third-order valence-corrected chi connectivity index (χ3v) is 2.65. The Morgan fingerprint density at radius 2 is 2.13 bits per heavy atom. The zero-order valence-corrected chi connectivity index (χ0v) is 8.53. The normalized spacial score (nSPS) is 13.7. The van der Waals surface area contributed by atoms with E-state index in [9.17, 15) is 4.79 Å². The van der Waals surface area contributed by atoms with Crippen LogP contribution in [0.15, 0.2) is 18.2 Å². The van der Waals surface area contributed by atoms with Crippen molar-refractivity contribution in [1.29, 1.82) is 0 Å². The van der Waals surface area contributed by atoms with Gasteiger partial charge >= 0.3 is 0 Å². The highest BCUT2D eigenvalue weighted by molar-refractivity contribution is 5.80. The number of ether oxygens (including phenoxy) is 1. The molecule has 1 aromatic rings. The van der Waals surface area contributed by atoms with Gasteiger partial charge in [-0.1, -0.05) is 6.07 Å². The third kappa shape index (κ3) is 2.36. The van der Waals surface area contributed by atoms with Crippen LogP contribution in [0.1, 0.15) is 17.5 Å². The molecule has 0 fully saturated rings. The maximum Gasteiger partial charge on any atom is 0.195 e. The first-order chi connectivity index (χ1) is 7.29. The first-order valence-electron chi connectivity index (χ1n) is 5.17. The van der Waals surface area contributed by atoms with Crippen LogP contribution in [0.25, 0.3) is 0 Å². The molecule has 2 rings (SSSR count). The molecular formula is C12H14O3. The molecule has 0 atom stereocenters. The average molecular weight is 206 g/mol. The smallest absolute Gasteiger partial charge is 0.195 e. The Bertz CT molecular complexity index is 371. The van der Waals surface area contributed by atoms with Crippen molar-refractivity contribution >= 4 is 5.78 Å². The van der Waals surface area contributed by atoms with E-state index in [2.05, 4.69) is 6.07 Å².